The predicted molar refractivity (Wildman–Crippen MR) is 85.3 cm³/mol. The lowest BCUT2D eigenvalue weighted by Crippen LogP contribution is -2.37. The second-order valence-electron chi connectivity index (χ2n) is 5.90. The highest BCUT2D eigenvalue weighted by molar-refractivity contribution is 5.90. The fourth-order valence-corrected chi connectivity index (χ4v) is 3.30. The molecular weight excluding hydrogens is 306 g/mol. The van der Waals surface area contributed by atoms with Gasteiger partial charge >= 0.3 is 0 Å². The van der Waals surface area contributed by atoms with Crippen LogP contribution in [0.25, 0.3) is 0 Å². The van der Waals surface area contributed by atoms with Gasteiger partial charge in [-0.15, -0.1) is 0 Å². The molecule has 2 atom stereocenters. The first-order valence-corrected chi connectivity index (χ1v) is 7.89. The molecule has 0 fully saturated rings. The number of aryl methyl sites for hydroxylation is 2. The second-order valence-corrected chi connectivity index (χ2v) is 5.90. The Balaban J connectivity index is 1.68. The molecule has 7 nitrogen and oxygen atoms in total. The van der Waals surface area contributed by atoms with Gasteiger partial charge in [0.1, 0.15) is 0 Å². The molecule has 7 heteroatoms. The molecule has 0 aliphatic heterocycles. The Morgan fingerprint density at radius 2 is 2.25 bits per heavy atom. The maximum Gasteiger partial charge on any atom is 0.293 e. The first-order valence-electron chi connectivity index (χ1n) is 7.89. The van der Waals surface area contributed by atoms with E-state index in [1.165, 1.54) is 5.56 Å². The molecule has 1 N–H and O–H groups in total. The highest BCUT2D eigenvalue weighted by Gasteiger charge is 2.32. The quantitative estimate of drug-likeness (QED) is 0.799. The van der Waals surface area contributed by atoms with Crippen LogP contribution in [0.1, 0.15) is 46.1 Å². The van der Waals surface area contributed by atoms with Gasteiger partial charge in [-0.3, -0.25) is 4.79 Å². The molecule has 1 aliphatic rings. The van der Waals surface area contributed by atoms with Gasteiger partial charge < -0.3 is 14.4 Å². The van der Waals surface area contributed by atoms with Crippen LogP contribution in [0.3, 0.4) is 0 Å². The lowest BCUT2D eigenvalue weighted by Gasteiger charge is -2.34. The van der Waals surface area contributed by atoms with E-state index >= 15 is 0 Å². The minimum Gasteiger partial charge on any atom is -0.340 e. The van der Waals surface area contributed by atoms with E-state index in [0.29, 0.717) is 5.89 Å². The van der Waals surface area contributed by atoms with Gasteiger partial charge in [0.25, 0.3) is 11.7 Å². The summed E-state index contributed by atoms with van der Waals surface area (Å²) >= 11 is 0. The van der Waals surface area contributed by atoms with Crippen molar-refractivity contribution in [1.29, 1.82) is 0 Å². The van der Waals surface area contributed by atoms with Crippen LogP contribution in [-0.2, 0) is 6.42 Å². The number of hydrogen-bond acceptors (Lipinski definition) is 5. The van der Waals surface area contributed by atoms with Crippen LogP contribution in [0.5, 0.6) is 0 Å². The maximum absolute atomic E-state index is 12.5. The van der Waals surface area contributed by atoms with E-state index in [0.717, 1.165) is 18.4 Å². The van der Waals surface area contributed by atoms with Crippen molar-refractivity contribution < 1.29 is 9.32 Å². The van der Waals surface area contributed by atoms with Crippen LogP contribution in [0.2, 0.25) is 0 Å². The molecule has 0 spiro atoms. The number of carbonyl (C=O) groups is 1. The zero-order valence-corrected chi connectivity index (χ0v) is 13.2. The Morgan fingerprint density at radius 1 is 1.38 bits per heavy atom. The van der Waals surface area contributed by atoms with Gasteiger partial charge in [0.15, 0.2) is 0 Å². The number of nitrogens with one attached hydrogen (secondary N) is 1. The van der Waals surface area contributed by atoms with Gasteiger partial charge in [-0.25, -0.2) is 4.98 Å². The minimum atomic E-state index is -0.335. The summed E-state index contributed by atoms with van der Waals surface area (Å²) in [4.78, 5) is 20.7. The van der Waals surface area contributed by atoms with Crippen LogP contribution in [0, 0.1) is 6.92 Å². The van der Waals surface area contributed by atoms with Crippen LogP contribution in [-0.4, -0.2) is 25.6 Å². The Bertz CT molecular complexity index is 856. The van der Waals surface area contributed by atoms with Gasteiger partial charge in [-0.2, -0.15) is 4.98 Å². The molecule has 2 aromatic heterocycles. The van der Waals surface area contributed by atoms with E-state index in [1.54, 1.807) is 19.4 Å². The molecule has 2 heterocycles. The lowest BCUT2D eigenvalue weighted by molar-refractivity contribution is 0.0904. The van der Waals surface area contributed by atoms with E-state index in [4.69, 9.17) is 4.52 Å². The number of carbonyl (C=O) groups excluding carboxylic acids is 1. The molecule has 0 bridgehead atoms. The summed E-state index contributed by atoms with van der Waals surface area (Å²) in [6.45, 7) is 1.66. The van der Waals surface area contributed by atoms with Crippen LogP contribution in [0.15, 0.2) is 47.5 Å². The van der Waals surface area contributed by atoms with Crippen molar-refractivity contribution in [3.8, 4) is 0 Å². The summed E-state index contributed by atoms with van der Waals surface area (Å²) in [5.41, 5.74) is 2.37. The zero-order chi connectivity index (χ0) is 16.5. The van der Waals surface area contributed by atoms with E-state index in [2.05, 4.69) is 32.6 Å². The van der Waals surface area contributed by atoms with Gasteiger partial charge in [-0.05, 0) is 24.0 Å². The molecule has 3 aromatic rings. The standard InChI is InChI=1S/C17H17N5O2/c1-11-19-16(21-24-11)17(23)20-15-13-5-3-2-4-12(13)6-7-14(15)22-9-8-18-10-22/h2-5,8-10,14-15H,6-7H2,1H3,(H,20,23)/t14-,15-/m0/s1. The van der Waals surface area contributed by atoms with Gasteiger partial charge in [0, 0.05) is 19.3 Å². The third-order valence-corrected chi connectivity index (χ3v) is 4.41. The summed E-state index contributed by atoms with van der Waals surface area (Å²) in [7, 11) is 0. The summed E-state index contributed by atoms with van der Waals surface area (Å²) < 4.78 is 6.95. The number of nitrogens with zero attached hydrogens (tertiary/aromatic N) is 4. The molecule has 24 heavy (non-hydrogen) atoms. The number of benzene rings is 1. The van der Waals surface area contributed by atoms with Crippen molar-refractivity contribution in [3.05, 3.63) is 65.8 Å². The topological polar surface area (TPSA) is 85.8 Å². The van der Waals surface area contributed by atoms with E-state index in [-0.39, 0.29) is 23.8 Å². The average molecular weight is 323 g/mol. The smallest absolute Gasteiger partial charge is 0.293 e. The average Bonchev–Trinajstić information content (AvgIpc) is 3.27. The third-order valence-electron chi connectivity index (χ3n) is 4.41. The Morgan fingerprint density at radius 3 is 3.00 bits per heavy atom. The van der Waals surface area contributed by atoms with E-state index in [1.807, 2.05) is 22.9 Å². The largest absolute Gasteiger partial charge is 0.340 e. The molecule has 1 aromatic carbocycles. The SMILES string of the molecule is Cc1nc(C(=O)N[C@H]2c3ccccc3CC[C@@H]2n2ccnc2)no1. The normalized spacial score (nSPS) is 19.7. The molecule has 0 radical (unpaired) electrons. The van der Waals surface area contributed by atoms with Crippen molar-refractivity contribution in [3.63, 3.8) is 0 Å². The fraction of sp³-hybridized carbons (Fsp3) is 0.294. The number of rotatable bonds is 3. The van der Waals surface area contributed by atoms with Crippen molar-refractivity contribution in [2.45, 2.75) is 31.8 Å². The number of amides is 1. The Hall–Kier alpha value is -2.96. The molecule has 0 unspecified atom stereocenters. The number of imidazole rings is 1. The first-order chi connectivity index (χ1) is 11.7. The fourth-order valence-electron chi connectivity index (χ4n) is 3.30. The second kappa shape index (κ2) is 5.92. The highest BCUT2D eigenvalue weighted by Crippen LogP contribution is 2.37. The Kier molecular flexibility index (Phi) is 3.60. The molecule has 1 amide bonds. The summed E-state index contributed by atoms with van der Waals surface area (Å²) in [5.74, 6) is 0.0916. The summed E-state index contributed by atoms with van der Waals surface area (Å²) in [6, 6.07) is 8.11. The maximum atomic E-state index is 12.5. The molecule has 0 saturated carbocycles. The third kappa shape index (κ3) is 2.58. The van der Waals surface area contributed by atoms with Gasteiger partial charge in [-0.1, -0.05) is 29.4 Å². The van der Waals surface area contributed by atoms with Crippen molar-refractivity contribution >= 4 is 5.91 Å². The van der Waals surface area contributed by atoms with Crippen molar-refractivity contribution in [2.24, 2.45) is 0 Å². The molecule has 122 valence electrons. The van der Waals surface area contributed by atoms with E-state index < -0.39 is 0 Å². The van der Waals surface area contributed by atoms with Gasteiger partial charge in [0.05, 0.1) is 18.4 Å². The number of fused-ring (bicyclic) bond motifs is 1. The van der Waals surface area contributed by atoms with Crippen LogP contribution in [0.4, 0.5) is 0 Å². The monoisotopic (exact) mass is 323 g/mol. The first kappa shape index (κ1) is 14.6. The van der Waals surface area contributed by atoms with Crippen molar-refractivity contribution in [1.82, 2.24) is 25.0 Å². The zero-order valence-electron chi connectivity index (χ0n) is 13.2. The van der Waals surface area contributed by atoms with Gasteiger partial charge in [0.2, 0.25) is 5.89 Å². The summed E-state index contributed by atoms with van der Waals surface area (Å²) in [5, 5.41) is 6.78. The summed E-state index contributed by atoms with van der Waals surface area (Å²) in [6.07, 6.45) is 7.35. The van der Waals surface area contributed by atoms with E-state index in [9.17, 15) is 4.79 Å². The molecular formula is C17H17N5O2. The highest BCUT2D eigenvalue weighted by atomic mass is 16.5. The van der Waals surface area contributed by atoms with Crippen LogP contribution >= 0.6 is 0 Å². The molecule has 1 aliphatic carbocycles. The Labute approximate surface area is 138 Å². The number of aromatic nitrogens is 4. The lowest BCUT2D eigenvalue weighted by atomic mass is 9.84. The van der Waals surface area contributed by atoms with Crippen molar-refractivity contribution in [2.75, 3.05) is 0 Å². The minimum absolute atomic E-state index is 0.0555. The number of hydrogen-bond donors (Lipinski definition) is 1. The van der Waals surface area contributed by atoms with Crippen LogP contribution < -0.4 is 5.32 Å². The molecule has 4 rings (SSSR count). The predicted octanol–water partition coefficient (Wildman–Crippen LogP) is 2.23. The molecule has 0 saturated heterocycles.